The monoisotopic (exact) mass is 579 g/mol. The van der Waals surface area contributed by atoms with Crippen molar-refractivity contribution < 1.29 is 18.0 Å². The minimum atomic E-state index is -3.53. The Morgan fingerprint density at radius 1 is 1.06 bits per heavy atom. The molecule has 198 valence electrons. The number of nitrogens with one attached hydrogen (secondary N) is 1. The van der Waals surface area contributed by atoms with E-state index in [1.165, 1.54) is 10.6 Å². The molecule has 0 aromatic heterocycles. The van der Waals surface area contributed by atoms with Gasteiger partial charge in [0.25, 0.3) is 0 Å². The first-order valence-corrected chi connectivity index (χ1v) is 14.9. The van der Waals surface area contributed by atoms with E-state index in [0.717, 1.165) is 27.6 Å². The summed E-state index contributed by atoms with van der Waals surface area (Å²) >= 11 is 3.42. The molecule has 2 atom stereocenters. The summed E-state index contributed by atoms with van der Waals surface area (Å²) in [6.07, 6.45) is 2.42. The van der Waals surface area contributed by atoms with Gasteiger partial charge in [0.2, 0.25) is 21.8 Å². The van der Waals surface area contributed by atoms with Gasteiger partial charge in [-0.25, -0.2) is 8.42 Å². The molecule has 0 saturated heterocycles. The van der Waals surface area contributed by atoms with Gasteiger partial charge in [0.15, 0.2) is 0 Å². The van der Waals surface area contributed by atoms with E-state index in [1.54, 1.807) is 11.8 Å². The second-order valence-electron chi connectivity index (χ2n) is 9.37. The second-order valence-corrected chi connectivity index (χ2v) is 12.2. The molecule has 2 amide bonds. The summed E-state index contributed by atoms with van der Waals surface area (Å²) in [5, 5.41) is 2.96. The number of benzene rings is 2. The van der Waals surface area contributed by atoms with Gasteiger partial charge >= 0.3 is 0 Å². The van der Waals surface area contributed by atoms with E-state index in [-0.39, 0.29) is 37.4 Å². The molecule has 0 bridgehead atoms. The molecule has 0 unspecified atom stereocenters. The van der Waals surface area contributed by atoms with Crippen LogP contribution in [0.1, 0.15) is 56.7 Å². The molecule has 0 radical (unpaired) electrons. The SMILES string of the molecule is CC[C@H](C)NC(=O)[C@@H](C)N(Cc1ccc(Br)cc1)C(=O)CCCN(c1cc(C)ccc1C)S(C)(=O)=O. The smallest absolute Gasteiger partial charge is 0.242 e. The molecule has 9 heteroatoms. The van der Waals surface area contributed by atoms with Crippen molar-refractivity contribution in [3.05, 3.63) is 63.6 Å². The fraction of sp³-hybridized carbons (Fsp3) is 0.481. The summed E-state index contributed by atoms with van der Waals surface area (Å²) in [7, 11) is -3.53. The molecule has 0 fully saturated rings. The zero-order valence-electron chi connectivity index (χ0n) is 22.0. The summed E-state index contributed by atoms with van der Waals surface area (Å²) in [5.74, 6) is -0.401. The lowest BCUT2D eigenvalue weighted by Gasteiger charge is -2.30. The van der Waals surface area contributed by atoms with Crippen molar-refractivity contribution in [2.75, 3.05) is 17.1 Å². The van der Waals surface area contributed by atoms with Gasteiger partial charge in [0.05, 0.1) is 11.9 Å². The molecule has 0 aliphatic carbocycles. The van der Waals surface area contributed by atoms with Crippen LogP contribution in [0.25, 0.3) is 0 Å². The van der Waals surface area contributed by atoms with E-state index in [0.29, 0.717) is 12.1 Å². The number of halogens is 1. The summed E-state index contributed by atoms with van der Waals surface area (Å²) < 4.78 is 27.4. The van der Waals surface area contributed by atoms with E-state index in [1.807, 2.05) is 70.2 Å². The maximum absolute atomic E-state index is 13.4. The van der Waals surface area contributed by atoms with Crippen LogP contribution in [0.5, 0.6) is 0 Å². The van der Waals surface area contributed by atoms with Crippen LogP contribution in [0.15, 0.2) is 46.9 Å². The van der Waals surface area contributed by atoms with Crippen molar-refractivity contribution in [1.82, 2.24) is 10.2 Å². The van der Waals surface area contributed by atoms with Gasteiger partial charge in [-0.2, -0.15) is 0 Å². The van der Waals surface area contributed by atoms with Crippen LogP contribution in [-0.2, 0) is 26.2 Å². The van der Waals surface area contributed by atoms with Gasteiger partial charge in [-0.3, -0.25) is 13.9 Å². The van der Waals surface area contributed by atoms with Crippen LogP contribution < -0.4 is 9.62 Å². The highest BCUT2D eigenvalue weighted by molar-refractivity contribution is 9.10. The van der Waals surface area contributed by atoms with Gasteiger partial charge in [-0.1, -0.05) is 47.1 Å². The quantitative estimate of drug-likeness (QED) is 0.385. The Morgan fingerprint density at radius 2 is 1.69 bits per heavy atom. The third kappa shape index (κ3) is 8.62. The lowest BCUT2D eigenvalue weighted by molar-refractivity contribution is -0.140. The molecule has 0 saturated carbocycles. The molecule has 0 aliphatic rings. The van der Waals surface area contributed by atoms with Crippen molar-refractivity contribution in [3.63, 3.8) is 0 Å². The first-order valence-electron chi connectivity index (χ1n) is 12.2. The van der Waals surface area contributed by atoms with Crippen molar-refractivity contribution in [3.8, 4) is 0 Å². The highest BCUT2D eigenvalue weighted by Crippen LogP contribution is 2.25. The van der Waals surface area contributed by atoms with Crippen LogP contribution in [0.4, 0.5) is 5.69 Å². The number of anilines is 1. The zero-order valence-corrected chi connectivity index (χ0v) is 24.4. The number of carbonyl (C=O) groups excluding carboxylic acids is 2. The second kappa shape index (κ2) is 13.2. The molecule has 2 aromatic carbocycles. The van der Waals surface area contributed by atoms with Crippen LogP contribution in [0.2, 0.25) is 0 Å². The first kappa shape index (κ1) is 29.8. The van der Waals surface area contributed by atoms with Gasteiger partial charge in [0.1, 0.15) is 6.04 Å². The molecular formula is C27H38BrN3O4S. The predicted octanol–water partition coefficient (Wildman–Crippen LogP) is 4.94. The fourth-order valence-corrected chi connectivity index (χ4v) is 5.08. The zero-order chi connectivity index (χ0) is 27.0. The Balaban J connectivity index is 2.20. The van der Waals surface area contributed by atoms with E-state index in [2.05, 4.69) is 21.2 Å². The normalized spacial score (nSPS) is 13.1. The number of hydrogen-bond acceptors (Lipinski definition) is 4. The van der Waals surface area contributed by atoms with Gasteiger partial charge < -0.3 is 10.2 Å². The first-order chi connectivity index (χ1) is 16.8. The third-order valence-electron chi connectivity index (χ3n) is 6.22. The molecule has 7 nitrogen and oxygen atoms in total. The summed E-state index contributed by atoms with van der Waals surface area (Å²) in [4.78, 5) is 27.8. The van der Waals surface area contributed by atoms with Crippen LogP contribution >= 0.6 is 15.9 Å². The van der Waals surface area contributed by atoms with E-state index in [4.69, 9.17) is 0 Å². The molecule has 0 aliphatic heterocycles. The summed E-state index contributed by atoms with van der Waals surface area (Å²) in [5.41, 5.74) is 3.34. The molecule has 0 heterocycles. The van der Waals surface area contributed by atoms with Crippen LogP contribution in [-0.4, -0.2) is 50.0 Å². The summed E-state index contributed by atoms with van der Waals surface area (Å²) in [6, 6.07) is 12.6. The molecular weight excluding hydrogens is 542 g/mol. The number of hydrogen-bond donors (Lipinski definition) is 1. The third-order valence-corrected chi connectivity index (χ3v) is 7.93. The largest absolute Gasteiger partial charge is 0.352 e. The standard InChI is InChI=1S/C27H38BrN3O4S/c1-7-21(4)29-27(33)22(5)30(18-23-12-14-24(28)15-13-23)26(32)9-8-16-31(36(6,34)35)25-17-19(2)10-11-20(25)3/h10-15,17,21-22H,7-9,16,18H2,1-6H3,(H,29,33)/t21-,22+/m0/s1. The van der Waals surface area contributed by atoms with E-state index in [9.17, 15) is 18.0 Å². The molecule has 1 N–H and O–H groups in total. The lowest BCUT2D eigenvalue weighted by atomic mass is 10.1. The Bertz CT molecular complexity index is 1150. The van der Waals surface area contributed by atoms with Gasteiger partial charge in [0, 0.05) is 30.0 Å². The van der Waals surface area contributed by atoms with Crippen molar-refractivity contribution >= 4 is 43.5 Å². The van der Waals surface area contributed by atoms with E-state index < -0.39 is 16.1 Å². The minimum Gasteiger partial charge on any atom is -0.352 e. The van der Waals surface area contributed by atoms with Crippen molar-refractivity contribution in [1.29, 1.82) is 0 Å². The highest BCUT2D eigenvalue weighted by Gasteiger charge is 2.27. The lowest BCUT2D eigenvalue weighted by Crippen LogP contribution is -2.49. The molecule has 0 spiro atoms. The van der Waals surface area contributed by atoms with Crippen molar-refractivity contribution in [2.24, 2.45) is 0 Å². The summed E-state index contributed by atoms with van der Waals surface area (Å²) in [6.45, 7) is 9.90. The van der Waals surface area contributed by atoms with Gasteiger partial charge in [-0.15, -0.1) is 0 Å². The highest BCUT2D eigenvalue weighted by atomic mass is 79.9. The molecule has 2 aromatic rings. The average molecular weight is 581 g/mol. The van der Waals surface area contributed by atoms with Gasteiger partial charge in [-0.05, 0) is 75.4 Å². The number of amides is 2. The Hall–Kier alpha value is -2.39. The number of rotatable bonds is 12. The van der Waals surface area contributed by atoms with Crippen LogP contribution in [0, 0.1) is 13.8 Å². The molecule has 36 heavy (non-hydrogen) atoms. The Kier molecular flexibility index (Phi) is 11.0. The number of nitrogens with zero attached hydrogens (tertiary/aromatic N) is 2. The molecule has 2 rings (SSSR count). The fourth-order valence-electron chi connectivity index (χ4n) is 3.81. The van der Waals surface area contributed by atoms with Crippen LogP contribution in [0.3, 0.4) is 0 Å². The number of sulfonamides is 1. The maximum atomic E-state index is 13.4. The Labute approximate surface area is 224 Å². The Morgan fingerprint density at radius 3 is 2.28 bits per heavy atom. The van der Waals surface area contributed by atoms with Crippen molar-refractivity contribution in [2.45, 2.75) is 72.5 Å². The topological polar surface area (TPSA) is 86.8 Å². The average Bonchev–Trinajstić information content (AvgIpc) is 2.81. The predicted molar refractivity (Wildman–Crippen MR) is 149 cm³/mol. The van der Waals surface area contributed by atoms with E-state index >= 15 is 0 Å². The number of carbonyl (C=O) groups is 2. The maximum Gasteiger partial charge on any atom is 0.242 e. The number of aryl methyl sites for hydroxylation is 2. The minimum absolute atomic E-state index is 0.00507.